The summed E-state index contributed by atoms with van der Waals surface area (Å²) in [5.41, 5.74) is 0. The van der Waals surface area contributed by atoms with Gasteiger partial charge >= 0.3 is 0 Å². The molecule has 0 saturated carbocycles. The van der Waals surface area contributed by atoms with E-state index in [4.69, 9.17) is 0 Å². The van der Waals surface area contributed by atoms with Gasteiger partial charge < -0.3 is 4.79 Å². The number of nitro groups is 1. The number of aldehydes is 1. The Morgan fingerprint density at radius 3 is 2.18 bits per heavy atom. The van der Waals surface area contributed by atoms with Gasteiger partial charge in [-0.2, -0.15) is 0 Å². The van der Waals surface area contributed by atoms with Gasteiger partial charge in [0.1, 0.15) is 6.29 Å². The van der Waals surface area contributed by atoms with Crippen LogP contribution in [0.2, 0.25) is 0 Å². The van der Waals surface area contributed by atoms with Crippen molar-refractivity contribution in [1.82, 2.24) is 0 Å². The lowest BCUT2D eigenvalue weighted by Gasteiger charge is -2.01. The fraction of sp³-hybridized carbons (Fsp3) is 0.722. The summed E-state index contributed by atoms with van der Waals surface area (Å²) < 4.78 is 0. The van der Waals surface area contributed by atoms with Crippen LogP contribution in [0.15, 0.2) is 24.3 Å². The summed E-state index contributed by atoms with van der Waals surface area (Å²) >= 11 is 0. The summed E-state index contributed by atoms with van der Waals surface area (Å²) in [5, 5.41) is 11.0. The molecule has 0 aromatic carbocycles. The van der Waals surface area contributed by atoms with Crippen LogP contribution in [0.4, 0.5) is 0 Å². The average Bonchev–Trinajstić information content (AvgIpc) is 2.50. The lowest BCUT2D eigenvalue weighted by Crippen LogP contribution is -2.15. The fourth-order valence-corrected chi connectivity index (χ4v) is 2.18. The van der Waals surface area contributed by atoms with Gasteiger partial charge in [0.2, 0.25) is 6.04 Å². The lowest BCUT2D eigenvalue weighted by atomic mass is 10.1. The minimum atomic E-state index is -0.587. The third-order valence-electron chi connectivity index (χ3n) is 3.59. The molecule has 0 aliphatic rings. The standard InChI is InChI=1S/C18H31NO3/c1-2-3-4-12-15-18(19(21)22)16-13-10-8-6-5-7-9-11-14-17-20/h10,12-13,15,17-18H,2-9,11,14,16H2,1H3/b13-10+,15-12+. The molecule has 0 saturated heterocycles. The van der Waals surface area contributed by atoms with Gasteiger partial charge in [-0.3, -0.25) is 10.1 Å². The van der Waals surface area contributed by atoms with Crippen molar-refractivity contribution in [2.75, 3.05) is 0 Å². The van der Waals surface area contributed by atoms with Crippen molar-refractivity contribution in [3.8, 4) is 0 Å². The molecule has 0 heterocycles. The maximum absolute atomic E-state index is 11.0. The summed E-state index contributed by atoms with van der Waals surface area (Å²) in [6.45, 7) is 2.11. The first-order valence-corrected chi connectivity index (χ1v) is 8.61. The normalized spacial score (nSPS) is 13.0. The van der Waals surface area contributed by atoms with E-state index in [0.29, 0.717) is 12.8 Å². The highest BCUT2D eigenvalue weighted by Crippen LogP contribution is 2.08. The summed E-state index contributed by atoms with van der Waals surface area (Å²) in [6.07, 6.45) is 19.5. The van der Waals surface area contributed by atoms with Crippen molar-refractivity contribution in [3.63, 3.8) is 0 Å². The quantitative estimate of drug-likeness (QED) is 0.136. The molecular weight excluding hydrogens is 278 g/mol. The SMILES string of the molecule is CCCC/C=C/C(C/C=C/CCCCCCCC=O)[N+](=O)[O-]. The molecule has 4 heteroatoms. The van der Waals surface area contributed by atoms with Crippen molar-refractivity contribution >= 4 is 6.29 Å². The smallest absolute Gasteiger partial charge is 0.234 e. The molecule has 1 unspecified atom stereocenters. The average molecular weight is 309 g/mol. The molecule has 0 aliphatic heterocycles. The van der Waals surface area contributed by atoms with Crippen molar-refractivity contribution < 1.29 is 9.72 Å². The Morgan fingerprint density at radius 1 is 0.909 bits per heavy atom. The van der Waals surface area contributed by atoms with Gasteiger partial charge in [-0.25, -0.2) is 0 Å². The van der Waals surface area contributed by atoms with E-state index >= 15 is 0 Å². The number of carbonyl (C=O) groups is 1. The molecular formula is C18H31NO3. The Labute approximate surface area is 134 Å². The van der Waals surface area contributed by atoms with Crippen LogP contribution in [0.1, 0.15) is 77.6 Å². The van der Waals surface area contributed by atoms with Crippen LogP contribution in [-0.2, 0) is 4.79 Å². The highest BCUT2D eigenvalue weighted by Gasteiger charge is 2.12. The molecule has 0 aromatic heterocycles. The van der Waals surface area contributed by atoms with Gasteiger partial charge in [0.15, 0.2) is 0 Å². The molecule has 22 heavy (non-hydrogen) atoms. The molecule has 0 N–H and O–H groups in total. The summed E-state index contributed by atoms with van der Waals surface area (Å²) in [4.78, 5) is 20.9. The van der Waals surface area contributed by atoms with Gasteiger partial charge in [-0.15, -0.1) is 0 Å². The van der Waals surface area contributed by atoms with Crippen LogP contribution >= 0.6 is 0 Å². The van der Waals surface area contributed by atoms with Gasteiger partial charge in [0.05, 0.1) is 0 Å². The molecule has 4 nitrogen and oxygen atoms in total. The van der Waals surface area contributed by atoms with Crippen LogP contribution in [0.5, 0.6) is 0 Å². The summed E-state index contributed by atoms with van der Waals surface area (Å²) in [6, 6.07) is -0.587. The zero-order chi connectivity index (χ0) is 16.5. The second kappa shape index (κ2) is 15.9. The second-order valence-corrected chi connectivity index (χ2v) is 5.64. The Balaban J connectivity index is 3.71. The Bertz CT molecular complexity index is 337. The van der Waals surface area contributed by atoms with Gasteiger partial charge in [0, 0.05) is 17.8 Å². The molecule has 0 amide bonds. The zero-order valence-corrected chi connectivity index (χ0v) is 13.9. The van der Waals surface area contributed by atoms with Crippen molar-refractivity contribution in [2.45, 2.75) is 83.6 Å². The van der Waals surface area contributed by atoms with Crippen LogP contribution in [0.25, 0.3) is 0 Å². The third-order valence-corrected chi connectivity index (χ3v) is 3.59. The summed E-state index contributed by atoms with van der Waals surface area (Å²) in [7, 11) is 0. The number of nitrogens with zero attached hydrogens (tertiary/aromatic N) is 1. The van der Waals surface area contributed by atoms with Crippen LogP contribution < -0.4 is 0 Å². The van der Waals surface area contributed by atoms with E-state index in [0.717, 1.165) is 51.2 Å². The fourth-order valence-electron chi connectivity index (χ4n) is 2.18. The predicted molar refractivity (Wildman–Crippen MR) is 91.6 cm³/mol. The Morgan fingerprint density at radius 2 is 1.55 bits per heavy atom. The molecule has 0 radical (unpaired) electrons. The largest absolute Gasteiger partial charge is 0.303 e. The van der Waals surface area contributed by atoms with Gasteiger partial charge in [0.25, 0.3) is 0 Å². The maximum atomic E-state index is 11.0. The summed E-state index contributed by atoms with van der Waals surface area (Å²) in [5.74, 6) is 0. The molecule has 0 fully saturated rings. The second-order valence-electron chi connectivity index (χ2n) is 5.64. The topological polar surface area (TPSA) is 60.2 Å². The zero-order valence-electron chi connectivity index (χ0n) is 13.9. The number of hydrogen-bond acceptors (Lipinski definition) is 3. The monoisotopic (exact) mass is 309 g/mol. The van der Waals surface area contributed by atoms with E-state index in [9.17, 15) is 14.9 Å². The van der Waals surface area contributed by atoms with Crippen molar-refractivity contribution in [3.05, 3.63) is 34.4 Å². The van der Waals surface area contributed by atoms with Crippen LogP contribution in [-0.4, -0.2) is 17.3 Å². The van der Waals surface area contributed by atoms with E-state index in [2.05, 4.69) is 13.0 Å². The van der Waals surface area contributed by atoms with Crippen molar-refractivity contribution in [2.24, 2.45) is 0 Å². The minimum absolute atomic E-state index is 0.209. The number of allylic oxidation sites excluding steroid dienone is 2. The van der Waals surface area contributed by atoms with Gasteiger partial charge in [-0.05, 0) is 31.8 Å². The van der Waals surface area contributed by atoms with Gasteiger partial charge in [-0.1, -0.05) is 57.3 Å². The number of rotatable bonds is 15. The number of carbonyl (C=O) groups excluding carboxylic acids is 1. The molecule has 0 aliphatic carbocycles. The molecule has 0 spiro atoms. The Kier molecular flexibility index (Phi) is 14.9. The van der Waals surface area contributed by atoms with Crippen molar-refractivity contribution in [1.29, 1.82) is 0 Å². The highest BCUT2D eigenvalue weighted by molar-refractivity contribution is 5.48. The number of hydrogen-bond donors (Lipinski definition) is 0. The number of unbranched alkanes of at least 4 members (excludes halogenated alkanes) is 8. The van der Waals surface area contributed by atoms with E-state index in [1.165, 1.54) is 12.8 Å². The first-order chi connectivity index (χ1) is 10.7. The van der Waals surface area contributed by atoms with E-state index in [-0.39, 0.29) is 4.92 Å². The molecule has 0 rings (SSSR count). The maximum Gasteiger partial charge on any atom is 0.234 e. The van der Waals surface area contributed by atoms with E-state index in [1.54, 1.807) is 6.08 Å². The van der Waals surface area contributed by atoms with E-state index in [1.807, 2.05) is 12.2 Å². The lowest BCUT2D eigenvalue weighted by molar-refractivity contribution is -0.508. The molecule has 0 aromatic rings. The molecule has 1 atom stereocenters. The first-order valence-electron chi connectivity index (χ1n) is 8.61. The predicted octanol–water partition coefficient (Wildman–Crippen LogP) is 5.25. The minimum Gasteiger partial charge on any atom is -0.303 e. The third kappa shape index (κ3) is 13.5. The van der Waals surface area contributed by atoms with Crippen LogP contribution in [0, 0.1) is 10.1 Å². The van der Waals surface area contributed by atoms with E-state index < -0.39 is 6.04 Å². The molecule has 126 valence electrons. The van der Waals surface area contributed by atoms with Crippen LogP contribution in [0.3, 0.4) is 0 Å². The Hall–Kier alpha value is -1.45. The molecule has 0 bridgehead atoms. The first kappa shape index (κ1) is 20.6. The highest BCUT2D eigenvalue weighted by atomic mass is 16.6.